The van der Waals surface area contributed by atoms with Crippen molar-refractivity contribution in [2.75, 3.05) is 32.2 Å². The summed E-state index contributed by atoms with van der Waals surface area (Å²) in [5.41, 5.74) is 1.38. The fourth-order valence-electron chi connectivity index (χ4n) is 3.93. The number of ether oxygens (including phenoxy) is 2. The first kappa shape index (κ1) is 24.8. The quantitative estimate of drug-likeness (QED) is 0.393. The fraction of sp³-hybridized carbons (Fsp3) is 0.296. The number of methoxy groups -OCH3 is 1. The Morgan fingerprint density at radius 1 is 1.09 bits per heavy atom. The van der Waals surface area contributed by atoms with Gasteiger partial charge in [-0.15, -0.1) is 0 Å². The third-order valence-corrected chi connectivity index (χ3v) is 6.80. The second kappa shape index (κ2) is 11.9. The highest BCUT2D eigenvalue weighted by Gasteiger charge is 2.39. The lowest BCUT2D eigenvalue weighted by Crippen LogP contribution is -2.34. The molecule has 1 unspecified atom stereocenters. The van der Waals surface area contributed by atoms with E-state index >= 15 is 0 Å². The van der Waals surface area contributed by atoms with Crippen LogP contribution in [0.4, 0.5) is 11.4 Å². The SMILES string of the molecule is CCOCCCN1C(=O)C(CC(=O)Nc2ccccc2OC)SC1=Nc1cccc2ccccc12. The fourth-order valence-corrected chi connectivity index (χ4v) is 5.10. The monoisotopic (exact) mass is 491 g/mol. The maximum absolute atomic E-state index is 13.3. The van der Waals surface area contributed by atoms with Gasteiger partial charge in [0.1, 0.15) is 11.0 Å². The average Bonchev–Trinajstić information content (AvgIpc) is 3.16. The number of thioether (sulfide) groups is 1. The van der Waals surface area contributed by atoms with E-state index in [1.54, 1.807) is 24.1 Å². The van der Waals surface area contributed by atoms with Crippen LogP contribution in [-0.2, 0) is 14.3 Å². The number of nitrogens with zero attached hydrogens (tertiary/aromatic N) is 2. The van der Waals surface area contributed by atoms with Gasteiger partial charge >= 0.3 is 0 Å². The highest BCUT2D eigenvalue weighted by molar-refractivity contribution is 8.15. The van der Waals surface area contributed by atoms with Gasteiger partial charge in [-0.1, -0.05) is 60.3 Å². The Morgan fingerprint density at radius 3 is 2.69 bits per heavy atom. The van der Waals surface area contributed by atoms with Gasteiger partial charge in [0, 0.05) is 31.6 Å². The molecular weight excluding hydrogens is 462 g/mol. The maximum Gasteiger partial charge on any atom is 0.242 e. The number of anilines is 1. The van der Waals surface area contributed by atoms with Crippen LogP contribution in [-0.4, -0.2) is 54.0 Å². The minimum Gasteiger partial charge on any atom is -0.495 e. The normalized spacial score (nSPS) is 16.7. The molecule has 0 saturated carbocycles. The van der Waals surface area contributed by atoms with Gasteiger partial charge in [0.2, 0.25) is 11.8 Å². The minimum atomic E-state index is -0.550. The Morgan fingerprint density at radius 2 is 1.86 bits per heavy atom. The number of amidine groups is 1. The van der Waals surface area contributed by atoms with E-state index in [-0.39, 0.29) is 18.2 Å². The van der Waals surface area contributed by atoms with Gasteiger partial charge in [-0.3, -0.25) is 14.5 Å². The van der Waals surface area contributed by atoms with Crippen LogP contribution in [0, 0.1) is 0 Å². The number of para-hydroxylation sites is 2. The Labute approximate surface area is 209 Å². The lowest BCUT2D eigenvalue weighted by Gasteiger charge is -2.16. The predicted molar refractivity (Wildman–Crippen MR) is 141 cm³/mol. The Kier molecular flexibility index (Phi) is 8.39. The van der Waals surface area contributed by atoms with E-state index in [1.165, 1.54) is 11.8 Å². The van der Waals surface area contributed by atoms with Crippen molar-refractivity contribution < 1.29 is 19.1 Å². The predicted octanol–water partition coefficient (Wildman–Crippen LogP) is 5.24. The third-order valence-electron chi connectivity index (χ3n) is 5.63. The lowest BCUT2D eigenvalue weighted by molar-refractivity contribution is -0.128. The van der Waals surface area contributed by atoms with Crippen LogP contribution in [0.1, 0.15) is 19.8 Å². The van der Waals surface area contributed by atoms with Crippen LogP contribution >= 0.6 is 11.8 Å². The van der Waals surface area contributed by atoms with Gasteiger partial charge in [0.05, 0.1) is 18.5 Å². The van der Waals surface area contributed by atoms with E-state index in [9.17, 15) is 9.59 Å². The Hall–Kier alpha value is -3.36. The van der Waals surface area contributed by atoms with E-state index in [2.05, 4.69) is 5.32 Å². The molecule has 0 spiro atoms. The summed E-state index contributed by atoms with van der Waals surface area (Å²) in [5, 5.41) is 5.02. The van der Waals surface area contributed by atoms with Crippen LogP contribution in [0.3, 0.4) is 0 Å². The Bertz CT molecular complexity index is 1220. The van der Waals surface area contributed by atoms with Crippen LogP contribution in [0.25, 0.3) is 10.8 Å². The summed E-state index contributed by atoms with van der Waals surface area (Å²) in [6, 6.07) is 21.2. The van der Waals surface area contributed by atoms with Crippen molar-refractivity contribution in [3.05, 3.63) is 66.7 Å². The number of benzene rings is 3. The van der Waals surface area contributed by atoms with Crippen LogP contribution < -0.4 is 10.1 Å². The first-order chi connectivity index (χ1) is 17.1. The number of carbonyl (C=O) groups excluding carboxylic acids is 2. The topological polar surface area (TPSA) is 80.2 Å². The van der Waals surface area contributed by atoms with Crippen LogP contribution in [0.15, 0.2) is 71.7 Å². The van der Waals surface area contributed by atoms with Gasteiger partial charge in [0.25, 0.3) is 0 Å². The van der Waals surface area contributed by atoms with E-state index in [4.69, 9.17) is 14.5 Å². The largest absolute Gasteiger partial charge is 0.495 e. The summed E-state index contributed by atoms with van der Waals surface area (Å²) >= 11 is 1.34. The molecule has 7 nitrogen and oxygen atoms in total. The second-order valence-corrected chi connectivity index (χ2v) is 9.16. The van der Waals surface area contributed by atoms with Crippen molar-refractivity contribution in [2.45, 2.75) is 25.0 Å². The standard InChI is InChI=1S/C27H29N3O4S/c1-3-34-17-9-16-30-26(32)24(18-25(31)28-22-13-6-7-15-23(22)33-2)35-27(30)29-21-14-8-11-19-10-4-5-12-20(19)21/h4-8,10-15,24H,3,9,16-18H2,1-2H3,(H,28,31). The molecule has 1 aliphatic heterocycles. The summed E-state index contributed by atoms with van der Waals surface area (Å²) in [5.74, 6) is 0.212. The minimum absolute atomic E-state index is 0.0397. The zero-order valence-electron chi connectivity index (χ0n) is 19.9. The first-order valence-corrected chi connectivity index (χ1v) is 12.5. The zero-order valence-corrected chi connectivity index (χ0v) is 20.7. The smallest absolute Gasteiger partial charge is 0.242 e. The molecule has 8 heteroatoms. The summed E-state index contributed by atoms with van der Waals surface area (Å²) in [6.07, 6.45) is 0.729. The second-order valence-electron chi connectivity index (χ2n) is 7.99. The molecule has 0 aliphatic carbocycles. The molecule has 1 aliphatic rings. The molecule has 0 radical (unpaired) electrons. The van der Waals surface area contributed by atoms with Crippen molar-refractivity contribution in [1.29, 1.82) is 0 Å². The van der Waals surface area contributed by atoms with Crippen LogP contribution in [0.2, 0.25) is 0 Å². The zero-order chi connectivity index (χ0) is 24.6. The molecule has 4 rings (SSSR count). The van der Waals surface area contributed by atoms with Gasteiger partial charge in [-0.2, -0.15) is 0 Å². The molecule has 3 aromatic carbocycles. The van der Waals surface area contributed by atoms with E-state index < -0.39 is 5.25 Å². The summed E-state index contributed by atoms with van der Waals surface area (Å²) in [7, 11) is 1.55. The molecule has 1 atom stereocenters. The van der Waals surface area contributed by atoms with Crippen molar-refractivity contribution in [3.63, 3.8) is 0 Å². The maximum atomic E-state index is 13.3. The van der Waals surface area contributed by atoms with E-state index in [0.29, 0.717) is 42.8 Å². The lowest BCUT2D eigenvalue weighted by atomic mass is 10.1. The van der Waals surface area contributed by atoms with Crippen LogP contribution in [0.5, 0.6) is 5.75 Å². The third kappa shape index (κ3) is 6.01. The molecule has 1 N–H and O–H groups in total. The number of nitrogens with one attached hydrogen (secondary N) is 1. The molecule has 1 heterocycles. The van der Waals surface area contributed by atoms with Gasteiger partial charge in [-0.05, 0) is 36.9 Å². The van der Waals surface area contributed by atoms with Crippen molar-refractivity contribution in [3.8, 4) is 5.75 Å². The molecule has 182 valence electrons. The number of hydrogen-bond donors (Lipinski definition) is 1. The molecule has 0 bridgehead atoms. The number of carbonyl (C=O) groups is 2. The molecule has 1 saturated heterocycles. The van der Waals surface area contributed by atoms with Crippen molar-refractivity contribution in [1.82, 2.24) is 4.90 Å². The summed E-state index contributed by atoms with van der Waals surface area (Å²) in [4.78, 5) is 32.7. The molecular formula is C27H29N3O4S. The van der Waals surface area contributed by atoms with Gasteiger partial charge in [0.15, 0.2) is 5.17 Å². The molecule has 3 aromatic rings. The average molecular weight is 492 g/mol. The van der Waals surface area contributed by atoms with Gasteiger partial charge in [-0.25, -0.2) is 4.99 Å². The number of aliphatic imine (C=N–C) groups is 1. The molecule has 1 fully saturated rings. The Balaban J connectivity index is 1.55. The number of rotatable bonds is 10. The highest BCUT2D eigenvalue weighted by atomic mass is 32.2. The first-order valence-electron chi connectivity index (χ1n) is 11.7. The van der Waals surface area contributed by atoms with Crippen molar-refractivity contribution in [2.24, 2.45) is 4.99 Å². The van der Waals surface area contributed by atoms with Gasteiger partial charge < -0.3 is 14.8 Å². The highest BCUT2D eigenvalue weighted by Crippen LogP contribution is 2.34. The van der Waals surface area contributed by atoms with E-state index in [1.807, 2.05) is 61.5 Å². The number of fused-ring (bicyclic) bond motifs is 1. The molecule has 0 aromatic heterocycles. The molecule has 35 heavy (non-hydrogen) atoms. The van der Waals surface area contributed by atoms with Crippen molar-refractivity contribution >= 4 is 50.9 Å². The summed E-state index contributed by atoms with van der Waals surface area (Å²) < 4.78 is 10.8. The number of amides is 2. The summed E-state index contributed by atoms with van der Waals surface area (Å²) in [6.45, 7) is 3.62. The number of hydrogen-bond acceptors (Lipinski definition) is 6. The van der Waals surface area contributed by atoms with E-state index in [0.717, 1.165) is 16.5 Å². The molecule has 2 amide bonds.